The summed E-state index contributed by atoms with van der Waals surface area (Å²) in [5.41, 5.74) is 0. The first-order chi connectivity index (χ1) is 33.5. The lowest BCUT2D eigenvalue weighted by atomic mass is 10.1. The van der Waals surface area contributed by atoms with Gasteiger partial charge in [-0.05, 0) is 116 Å². The van der Waals surface area contributed by atoms with Crippen molar-refractivity contribution in [2.75, 3.05) is 13.2 Å². The average Bonchev–Trinajstić information content (AvgIpc) is 3.34. The fourth-order valence-electron chi connectivity index (χ4n) is 7.56. The highest BCUT2D eigenvalue weighted by Crippen LogP contribution is 2.14. The lowest BCUT2D eigenvalue weighted by Crippen LogP contribution is -2.30. The predicted molar refractivity (Wildman–Crippen MR) is 293 cm³/mol. The summed E-state index contributed by atoms with van der Waals surface area (Å²) in [6.45, 7) is 6.44. The van der Waals surface area contributed by atoms with Gasteiger partial charge in [0.1, 0.15) is 13.2 Å². The Morgan fingerprint density at radius 2 is 0.588 bits per heavy atom. The van der Waals surface area contributed by atoms with Crippen molar-refractivity contribution in [3.05, 3.63) is 97.2 Å². The minimum atomic E-state index is -0.809. The van der Waals surface area contributed by atoms with Crippen molar-refractivity contribution in [1.82, 2.24) is 0 Å². The van der Waals surface area contributed by atoms with Crippen LogP contribution in [-0.4, -0.2) is 37.2 Å². The van der Waals surface area contributed by atoms with Crippen LogP contribution in [0.4, 0.5) is 0 Å². The molecule has 0 aromatic rings. The first kappa shape index (κ1) is 64.3. The number of hydrogen-bond acceptors (Lipinski definition) is 6. The van der Waals surface area contributed by atoms with E-state index in [1.54, 1.807) is 0 Å². The maximum Gasteiger partial charge on any atom is 0.306 e. The highest BCUT2D eigenvalue weighted by atomic mass is 16.6. The molecule has 6 heteroatoms. The first-order valence-electron chi connectivity index (χ1n) is 28.2. The Hall–Kier alpha value is -3.67. The standard InChI is InChI=1S/C62H104O6/c1-4-7-10-13-16-19-22-25-28-31-34-37-40-43-46-49-52-55-61(64)67-58-59(57-66-60(63)54-51-48-45-42-39-36-33-30-27-24-21-18-15-12-9-6-3)68-62(65)56-53-50-47-44-41-38-35-32-29-26-23-20-17-14-11-8-5-2/h7,10,16-17,19-20,25-26,28-30,33-34,37,43,46,59H,4-6,8-9,11-15,18,21-24,27,31-32,35-36,38-42,44-45,47-58H2,1-3H3/b10-7-,19-16-,20-17-,28-25-,29-26-,33-30-,37-34-,46-43-/t59-/m1/s1. The minimum absolute atomic E-state index is 0.103. The van der Waals surface area contributed by atoms with E-state index in [1.165, 1.54) is 109 Å². The predicted octanol–water partition coefficient (Wildman–Crippen LogP) is 18.9. The number of hydrogen-bond donors (Lipinski definition) is 0. The zero-order valence-electron chi connectivity index (χ0n) is 44.3. The van der Waals surface area contributed by atoms with Crippen molar-refractivity contribution >= 4 is 17.9 Å². The number of carbonyl (C=O) groups is 3. The fraction of sp³-hybridized carbons (Fsp3) is 0.694. The molecule has 0 radical (unpaired) electrons. The van der Waals surface area contributed by atoms with Crippen molar-refractivity contribution < 1.29 is 28.6 Å². The second-order valence-corrected chi connectivity index (χ2v) is 18.5. The van der Waals surface area contributed by atoms with Gasteiger partial charge >= 0.3 is 17.9 Å². The fourth-order valence-corrected chi connectivity index (χ4v) is 7.56. The Morgan fingerprint density at radius 3 is 1.00 bits per heavy atom. The summed E-state index contributed by atoms with van der Waals surface area (Å²) < 4.78 is 16.8. The highest BCUT2D eigenvalue weighted by Gasteiger charge is 2.19. The van der Waals surface area contributed by atoms with Crippen LogP contribution < -0.4 is 0 Å². The van der Waals surface area contributed by atoms with E-state index in [9.17, 15) is 14.4 Å². The second-order valence-electron chi connectivity index (χ2n) is 18.5. The SMILES string of the molecule is CC/C=C\C/C=C\C/C=C\C/C=C\C/C=C\CCCC(=O)OC[C@@H](COC(=O)CCCCCCC/C=C\CCCCCCCCC)OC(=O)CCCCCCCCC/C=C\C/C=C\CCCCC. The summed E-state index contributed by atoms with van der Waals surface area (Å²) in [6, 6.07) is 0. The molecule has 0 spiro atoms. The number of carbonyl (C=O) groups excluding carboxylic acids is 3. The Balaban J connectivity index is 4.50. The summed E-state index contributed by atoms with van der Waals surface area (Å²) in [4.78, 5) is 38.1. The van der Waals surface area contributed by atoms with E-state index in [1.807, 2.05) is 0 Å². The Labute approximate surface area is 419 Å². The topological polar surface area (TPSA) is 78.9 Å². The molecule has 0 aliphatic carbocycles. The number of rotatable bonds is 50. The van der Waals surface area contributed by atoms with Gasteiger partial charge in [0.25, 0.3) is 0 Å². The van der Waals surface area contributed by atoms with Gasteiger partial charge in [-0.2, -0.15) is 0 Å². The summed E-state index contributed by atoms with van der Waals surface area (Å²) in [6.07, 6.45) is 74.0. The number of allylic oxidation sites excluding steroid dienone is 16. The Morgan fingerprint density at radius 1 is 0.309 bits per heavy atom. The molecule has 0 bridgehead atoms. The quantitative estimate of drug-likeness (QED) is 0.0262. The summed E-state index contributed by atoms with van der Waals surface area (Å²) in [5, 5.41) is 0. The summed E-state index contributed by atoms with van der Waals surface area (Å²) >= 11 is 0. The Kier molecular flexibility index (Phi) is 52.9. The van der Waals surface area contributed by atoms with E-state index in [0.717, 1.165) is 103 Å². The van der Waals surface area contributed by atoms with Gasteiger partial charge in [0.05, 0.1) is 0 Å². The number of esters is 3. The summed E-state index contributed by atoms with van der Waals surface area (Å²) in [7, 11) is 0. The van der Waals surface area contributed by atoms with Crippen LogP contribution in [0.5, 0.6) is 0 Å². The average molecular weight is 946 g/mol. The number of unbranched alkanes of at least 4 members (excludes halogenated alkanes) is 23. The van der Waals surface area contributed by atoms with Crippen LogP contribution in [0.1, 0.15) is 258 Å². The molecule has 0 heterocycles. The molecular weight excluding hydrogens is 841 g/mol. The molecule has 6 nitrogen and oxygen atoms in total. The largest absolute Gasteiger partial charge is 0.462 e. The first-order valence-corrected chi connectivity index (χ1v) is 28.2. The number of ether oxygens (including phenoxy) is 3. The third-order valence-corrected chi connectivity index (χ3v) is 11.8. The van der Waals surface area contributed by atoms with Crippen LogP contribution >= 0.6 is 0 Å². The maximum atomic E-state index is 12.8. The summed E-state index contributed by atoms with van der Waals surface area (Å²) in [5.74, 6) is -0.977. The van der Waals surface area contributed by atoms with E-state index in [0.29, 0.717) is 19.3 Å². The second kappa shape index (κ2) is 55.9. The van der Waals surface area contributed by atoms with Gasteiger partial charge in [-0.15, -0.1) is 0 Å². The van der Waals surface area contributed by atoms with Crippen molar-refractivity contribution in [2.24, 2.45) is 0 Å². The molecule has 0 aromatic carbocycles. The molecule has 1 atom stereocenters. The lowest BCUT2D eigenvalue weighted by molar-refractivity contribution is -0.167. The van der Waals surface area contributed by atoms with E-state index >= 15 is 0 Å². The normalized spacial score (nSPS) is 12.8. The van der Waals surface area contributed by atoms with Crippen molar-refractivity contribution in [3.63, 3.8) is 0 Å². The van der Waals surface area contributed by atoms with Gasteiger partial charge < -0.3 is 14.2 Å². The minimum Gasteiger partial charge on any atom is -0.462 e. The van der Waals surface area contributed by atoms with Crippen molar-refractivity contribution in [2.45, 2.75) is 264 Å². The van der Waals surface area contributed by atoms with E-state index < -0.39 is 6.10 Å². The zero-order valence-corrected chi connectivity index (χ0v) is 44.3. The van der Waals surface area contributed by atoms with Crippen molar-refractivity contribution in [3.8, 4) is 0 Å². The molecule has 0 aliphatic rings. The highest BCUT2D eigenvalue weighted by molar-refractivity contribution is 5.71. The molecule has 0 saturated carbocycles. The maximum absolute atomic E-state index is 12.8. The van der Waals surface area contributed by atoms with Gasteiger partial charge in [0.15, 0.2) is 6.10 Å². The molecule has 0 rings (SSSR count). The van der Waals surface area contributed by atoms with E-state index in [4.69, 9.17) is 14.2 Å². The monoisotopic (exact) mass is 945 g/mol. The molecule has 0 aliphatic heterocycles. The van der Waals surface area contributed by atoms with Crippen LogP contribution in [-0.2, 0) is 28.6 Å². The van der Waals surface area contributed by atoms with Crippen molar-refractivity contribution in [1.29, 1.82) is 0 Å². The van der Waals surface area contributed by atoms with Gasteiger partial charge in [-0.3, -0.25) is 14.4 Å². The third-order valence-electron chi connectivity index (χ3n) is 11.8. The zero-order chi connectivity index (χ0) is 49.3. The third kappa shape index (κ3) is 53.3. The molecular formula is C62H104O6. The molecule has 0 unspecified atom stereocenters. The molecule has 0 N–H and O–H groups in total. The van der Waals surface area contributed by atoms with Crippen LogP contribution in [0.3, 0.4) is 0 Å². The molecule has 0 fully saturated rings. The van der Waals surface area contributed by atoms with Gasteiger partial charge in [-0.25, -0.2) is 0 Å². The van der Waals surface area contributed by atoms with Crippen LogP contribution in [0, 0.1) is 0 Å². The molecule has 0 amide bonds. The molecule has 388 valence electrons. The van der Waals surface area contributed by atoms with Crippen LogP contribution in [0.15, 0.2) is 97.2 Å². The van der Waals surface area contributed by atoms with E-state index in [2.05, 4.69) is 118 Å². The van der Waals surface area contributed by atoms with Gasteiger partial charge in [-0.1, -0.05) is 221 Å². The lowest BCUT2D eigenvalue weighted by Gasteiger charge is -2.18. The Bertz CT molecular complexity index is 1360. The molecule has 68 heavy (non-hydrogen) atoms. The van der Waals surface area contributed by atoms with E-state index in [-0.39, 0.29) is 37.5 Å². The molecule has 0 saturated heterocycles. The van der Waals surface area contributed by atoms with Crippen LogP contribution in [0.2, 0.25) is 0 Å². The van der Waals surface area contributed by atoms with Gasteiger partial charge in [0.2, 0.25) is 0 Å². The van der Waals surface area contributed by atoms with Gasteiger partial charge in [0, 0.05) is 19.3 Å². The molecule has 0 aromatic heterocycles. The smallest absolute Gasteiger partial charge is 0.306 e. The van der Waals surface area contributed by atoms with Crippen LogP contribution in [0.25, 0.3) is 0 Å².